The molecule has 1 aromatic heterocycles. The summed E-state index contributed by atoms with van der Waals surface area (Å²) in [5.74, 6) is 0.573. The molecule has 0 unspecified atom stereocenters. The standard InChI is InChI=1S/C13H24BrN3O3S/c1-10(2)17(4)7-5-6-16-21(18,19)12-8-11(9-15-3)20-13(12)14/h8,10,15-16H,5-7,9H2,1-4H3. The maximum atomic E-state index is 12.2. The lowest BCUT2D eigenvalue weighted by atomic mass is 10.3. The van der Waals surface area contributed by atoms with Gasteiger partial charge in [0.25, 0.3) is 0 Å². The highest BCUT2D eigenvalue weighted by molar-refractivity contribution is 9.10. The molecule has 2 N–H and O–H groups in total. The van der Waals surface area contributed by atoms with Gasteiger partial charge in [0, 0.05) is 18.7 Å². The largest absolute Gasteiger partial charge is 0.452 e. The molecule has 1 rings (SSSR count). The minimum Gasteiger partial charge on any atom is -0.452 e. The summed E-state index contributed by atoms with van der Waals surface area (Å²) in [4.78, 5) is 2.32. The van der Waals surface area contributed by atoms with E-state index in [1.165, 1.54) is 6.07 Å². The minimum absolute atomic E-state index is 0.143. The van der Waals surface area contributed by atoms with Gasteiger partial charge in [0.1, 0.15) is 10.7 Å². The Bertz CT molecular complexity index is 543. The molecule has 0 saturated carbocycles. The van der Waals surface area contributed by atoms with Crippen molar-refractivity contribution in [2.75, 3.05) is 27.2 Å². The van der Waals surface area contributed by atoms with Crippen LogP contribution < -0.4 is 10.0 Å². The highest BCUT2D eigenvalue weighted by Crippen LogP contribution is 2.25. The van der Waals surface area contributed by atoms with E-state index in [1.807, 2.05) is 7.05 Å². The SMILES string of the molecule is CNCc1cc(S(=O)(=O)NCCCN(C)C(C)C)c(Br)o1. The summed E-state index contributed by atoms with van der Waals surface area (Å²) >= 11 is 3.15. The van der Waals surface area contributed by atoms with Crippen LogP contribution in [0.3, 0.4) is 0 Å². The third kappa shape index (κ3) is 5.71. The molecule has 6 nitrogen and oxygen atoms in total. The summed E-state index contributed by atoms with van der Waals surface area (Å²) in [6.45, 7) is 5.94. The summed E-state index contributed by atoms with van der Waals surface area (Å²) in [6, 6.07) is 1.98. The number of sulfonamides is 1. The first-order chi connectivity index (χ1) is 9.77. The molecule has 0 radical (unpaired) electrons. The monoisotopic (exact) mass is 381 g/mol. The maximum absolute atomic E-state index is 12.2. The van der Waals surface area contributed by atoms with Crippen molar-refractivity contribution in [3.05, 3.63) is 16.5 Å². The van der Waals surface area contributed by atoms with Crippen LogP contribution >= 0.6 is 15.9 Å². The van der Waals surface area contributed by atoms with E-state index >= 15 is 0 Å². The van der Waals surface area contributed by atoms with Crippen LogP contribution in [0.4, 0.5) is 0 Å². The van der Waals surface area contributed by atoms with Gasteiger partial charge >= 0.3 is 0 Å². The first-order valence-corrected chi connectivity index (χ1v) is 9.18. The van der Waals surface area contributed by atoms with Gasteiger partial charge in [-0.1, -0.05) is 0 Å². The van der Waals surface area contributed by atoms with Crippen LogP contribution in [0.5, 0.6) is 0 Å². The van der Waals surface area contributed by atoms with E-state index in [-0.39, 0.29) is 9.56 Å². The Hall–Kier alpha value is -0.410. The summed E-state index contributed by atoms with van der Waals surface area (Å²) in [6.07, 6.45) is 0.757. The second-order valence-electron chi connectivity index (χ2n) is 5.21. The highest BCUT2D eigenvalue weighted by atomic mass is 79.9. The summed E-state index contributed by atoms with van der Waals surface area (Å²) < 4.78 is 32.6. The lowest BCUT2D eigenvalue weighted by molar-refractivity contribution is 0.271. The van der Waals surface area contributed by atoms with E-state index in [1.54, 1.807) is 7.05 Å². The number of rotatable bonds is 9. The second-order valence-corrected chi connectivity index (χ2v) is 7.66. The molecule has 0 spiro atoms. The number of hydrogen-bond donors (Lipinski definition) is 2. The van der Waals surface area contributed by atoms with Crippen molar-refractivity contribution in [3.63, 3.8) is 0 Å². The van der Waals surface area contributed by atoms with E-state index in [2.05, 4.69) is 44.7 Å². The van der Waals surface area contributed by atoms with Crippen molar-refractivity contribution in [1.29, 1.82) is 0 Å². The minimum atomic E-state index is -3.54. The molecule has 0 aliphatic carbocycles. The van der Waals surface area contributed by atoms with Crippen LogP contribution in [0.15, 0.2) is 20.0 Å². The third-order valence-corrected chi connectivity index (χ3v) is 5.53. The zero-order valence-corrected chi connectivity index (χ0v) is 15.3. The normalized spacial score (nSPS) is 12.5. The Morgan fingerprint density at radius 1 is 1.43 bits per heavy atom. The lowest BCUT2D eigenvalue weighted by Gasteiger charge is -2.20. The molecule has 0 amide bonds. The zero-order valence-electron chi connectivity index (χ0n) is 12.9. The van der Waals surface area contributed by atoms with Gasteiger partial charge in [-0.15, -0.1) is 0 Å². The Kier molecular flexibility index (Phi) is 7.35. The number of nitrogens with zero attached hydrogens (tertiary/aromatic N) is 1. The van der Waals surface area contributed by atoms with Crippen molar-refractivity contribution in [1.82, 2.24) is 14.9 Å². The van der Waals surface area contributed by atoms with Crippen LogP contribution in [-0.4, -0.2) is 46.5 Å². The molecule has 0 saturated heterocycles. The van der Waals surface area contributed by atoms with E-state index in [4.69, 9.17) is 4.42 Å². The molecule has 8 heteroatoms. The van der Waals surface area contributed by atoms with E-state index in [0.29, 0.717) is 24.9 Å². The summed E-state index contributed by atoms with van der Waals surface area (Å²) in [7, 11) is 0.252. The van der Waals surface area contributed by atoms with Crippen LogP contribution in [0, 0.1) is 0 Å². The molecule has 1 heterocycles. The van der Waals surface area contributed by atoms with Gasteiger partial charge in [-0.25, -0.2) is 13.1 Å². The van der Waals surface area contributed by atoms with Gasteiger partial charge in [-0.05, 0) is 56.8 Å². The van der Waals surface area contributed by atoms with Gasteiger partial charge in [-0.3, -0.25) is 0 Å². The molecule has 0 aliphatic heterocycles. The lowest BCUT2D eigenvalue weighted by Crippen LogP contribution is -2.31. The smallest absolute Gasteiger partial charge is 0.244 e. The van der Waals surface area contributed by atoms with Crippen LogP contribution in [0.25, 0.3) is 0 Å². The highest BCUT2D eigenvalue weighted by Gasteiger charge is 2.21. The number of furan rings is 1. The van der Waals surface area contributed by atoms with Gasteiger partial charge in [0.2, 0.25) is 10.0 Å². The molecule has 122 valence electrons. The first kappa shape index (κ1) is 18.6. The van der Waals surface area contributed by atoms with E-state index in [0.717, 1.165) is 13.0 Å². The molecule has 0 atom stereocenters. The van der Waals surface area contributed by atoms with Crippen molar-refractivity contribution >= 4 is 26.0 Å². The Morgan fingerprint density at radius 3 is 2.67 bits per heavy atom. The Labute approximate surface area is 135 Å². The van der Waals surface area contributed by atoms with Crippen molar-refractivity contribution in [2.45, 2.75) is 37.8 Å². The topological polar surface area (TPSA) is 74.6 Å². The average Bonchev–Trinajstić information content (AvgIpc) is 2.76. The van der Waals surface area contributed by atoms with E-state index in [9.17, 15) is 8.42 Å². The van der Waals surface area contributed by atoms with Gasteiger partial charge < -0.3 is 14.6 Å². The van der Waals surface area contributed by atoms with Crippen LogP contribution in [0.2, 0.25) is 0 Å². The van der Waals surface area contributed by atoms with Crippen molar-refractivity contribution < 1.29 is 12.8 Å². The predicted molar refractivity (Wildman–Crippen MR) is 86.7 cm³/mol. The summed E-state index contributed by atoms with van der Waals surface area (Å²) in [5, 5.41) is 2.92. The van der Waals surface area contributed by atoms with Gasteiger partial charge in [0.15, 0.2) is 4.67 Å². The molecule has 21 heavy (non-hydrogen) atoms. The van der Waals surface area contributed by atoms with Crippen LogP contribution in [-0.2, 0) is 16.6 Å². The van der Waals surface area contributed by atoms with Gasteiger partial charge in [-0.2, -0.15) is 0 Å². The molecular weight excluding hydrogens is 358 g/mol. The van der Waals surface area contributed by atoms with Crippen molar-refractivity contribution in [3.8, 4) is 0 Å². The fraction of sp³-hybridized carbons (Fsp3) is 0.692. The fourth-order valence-electron chi connectivity index (χ4n) is 1.71. The maximum Gasteiger partial charge on any atom is 0.244 e. The van der Waals surface area contributed by atoms with E-state index < -0.39 is 10.0 Å². The zero-order chi connectivity index (χ0) is 16.0. The molecule has 1 aromatic rings. The predicted octanol–water partition coefficient (Wildman–Crippen LogP) is 1.77. The molecule has 0 aromatic carbocycles. The third-order valence-electron chi connectivity index (χ3n) is 3.21. The van der Waals surface area contributed by atoms with Crippen LogP contribution in [0.1, 0.15) is 26.0 Å². The number of nitrogens with one attached hydrogen (secondary N) is 2. The molecular formula is C13H24BrN3O3S. The Balaban J connectivity index is 2.57. The number of halogens is 1. The molecule has 0 bridgehead atoms. The summed E-state index contributed by atoms with van der Waals surface area (Å²) in [5.41, 5.74) is 0. The first-order valence-electron chi connectivity index (χ1n) is 6.90. The Morgan fingerprint density at radius 2 is 2.10 bits per heavy atom. The van der Waals surface area contributed by atoms with Crippen molar-refractivity contribution in [2.24, 2.45) is 0 Å². The fourth-order valence-corrected chi connectivity index (χ4v) is 3.78. The van der Waals surface area contributed by atoms with Gasteiger partial charge in [0.05, 0.1) is 6.54 Å². The number of hydrogen-bond acceptors (Lipinski definition) is 5. The quantitative estimate of drug-likeness (QED) is 0.637. The second kappa shape index (κ2) is 8.28. The molecule has 0 aliphatic rings. The molecule has 0 fully saturated rings. The average molecular weight is 382 g/mol.